The average molecular weight is 338 g/mol. The van der Waals surface area contributed by atoms with Crippen molar-refractivity contribution in [2.45, 2.75) is 19.1 Å². The van der Waals surface area contributed by atoms with Crippen LogP contribution in [-0.4, -0.2) is 30.6 Å². The van der Waals surface area contributed by atoms with E-state index in [0.29, 0.717) is 12.0 Å². The molecule has 0 spiro atoms. The SMILES string of the molecule is CNC1(c2ccc(C)cc2)OC(NCCCP(=O)=O)=C(O)C1=O. The quantitative estimate of drug-likeness (QED) is 0.515. The van der Waals surface area contributed by atoms with E-state index in [9.17, 15) is 19.0 Å². The Balaban J connectivity index is 2.16. The van der Waals surface area contributed by atoms with Crippen LogP contribution >= 0.6 is 7.68 Å². The Labute approximate surface area is 134 Å². The molecule has 1 aliphatic heterocycles. The summed E-state index contributed by atoms with van der Waals surface area (Å²) in [6.45, 7) is 2.19. The number of aryl methyl sites for hydroxylation is 1. The van der Waals surface area contributed by atoms with Crippen LogP contribution in [0.15, 0.2) is 35.9 Å². The summed E-state index contributed by atoms with van der Waals surface area (Å²) in [6.07, 6.45) is 0.379. The Hall–Kier alpha value is -2.11. The molecule has 0 saturated carbocycles. The third-order valence-electron chi connectivity index (χ3n) is 3.62. The summed E-state index contributed by atoms with van der Waals surface area (Å²) in [4.78, 5) is 12.5. The molecule has 1 aliphatic rings. The predicted octanol–water partition coefficient (Wildman–Crippen LogP) is 1.85. The molecule has 1 aromatic rings. The van der Waals surface area contributed by atoms with Crippen molar-refractivity contribution < 1.29 is 23.8 Å². The van der Waals surface area contributed by atoms with Crippen LogP contribution in [0.2, 0.25) is 0 Å². The predicted molar refractivity (Wildman–Crippen MR) is 83.4 cm³/mol. The van der Waals surface area contributed by atoms with Gasteiger partial charge < -0.3 is 15.2 Å². The molecule has 23 heavy (non-hydrogen) atoms. The van der Waals surface area contributed by atoms with Crippen molar-refractivity contribution >= 4 is 13.5 Å². The molecule has 0 fully saturated rings. The third-order valence-corrected chi connectivity index (χ3v) is 4.30. The van der Waals surface area contributed by atoms with Crippen LogP contribution in [0.5, 0.6) is 0 Å². The molecule has 0 radical (unpaired) electrons. The van der Waals surface area contributed by atoms with E-state index in [1.54, 1.807) is 19.2 Å². The Morgan fingerprint density at radius 1 is 1.26 bits per heavy atom. The van der Waals surface area contributed by atoms with Gasteiger partial charge in [0.1, 0.15) is 0 Å². The van der Waals surface area contributed by atoms with E-state index in [2.05, 4.69) is 10.6 Å². The normalized spacial score (nSPS) is 20.5. The van der Waals surface area contributed by atoms with Gasteiger partial charge in [0.2, 0.25) is 11.6 Å². The number of carbonyl (C=O) groups is 1. The Morgan fingerprint density at radius 3 is 2.48 bits per heavy atom. The van der Waals surface area contributed by atoms with Crippen molar-refractivity contribution in [1.82, 2.24) is 10.6 Å². The van der Waals surface area contributed by atoms with Crippen molar-refractivity contribution in [1.29, 1.82) is 0 Å². The van der Waals surface area contributed by atoms with Crippen molar-refractivity contribution in [3.05, 3.63) is 47.0 Å². The molecule has 0 bridgehead atoms. The number of rotatable bonds is 7. The van der Waals surface area contributed by atoms with E-state index in [0.717, 1.165) is 5.56 Å². The lowest BCUT2D eigenvalue weighted by atomic mass is 9.97. The summed E-state index contributed by atoms with van der Waals surface area (Å²) >= 11 is 0. The van der Waals surface area contributed by atoms with E-state index in [4.69, 9.17) is 4.74 Å². The number of aliphatic hydroxyl groups excluding tert-OH is 1. The van der Waals surface area contributed by atoms with Gasteiger partial charge in [0.15, 0.2) is 0 Å². The maximum Gasteiger partial charge on any atom is 0.315 e. The zero-order chi connectivity index (χ0) is 17.0. The molecule has 0 aliphatic carbocycles. The number of hydrogen-bond acceptors (Lipinski definition) is 7. The van der Waals surface area contributed by atoms with Crippen LogP contribution in [-0.2, 0) is 24.4 Å². The van der Waals surface area contributed by atoms with Crippen LogP contribution in [0.25, 0.3) is 0 Å². The summed E-state index contributed by atoms with van der Waals surface area (Å²) in [5.74, 6) is -1.15. The first-order chi connectivity index (χ1) is 10.9. The van der Waals surface area contributed by atoms with Gasteiger partial charge in [0, 0.05) is 12.1 Å². The van der Waals surface area contributed by atoms with E-state index in [-0.39, 0.29) is 18.6 Å². The minimum atomic E-state index is -2.44. The van der Waals surface area contributed by atoms with Gasteiger partial charge in [-0.3, -0.25) is 10.1 Å². The van der Waals surface area contributed by atoms with E-state index >= 15 is 0 Å². The first kappa shape index (κ1) is 17.2. The number of likely N-dealkylation sites (N-methyl/N-ethyl adjacent to an activating group) is 1. The topological polar surface area (TPSA) is 105 Å². The largest absolute Gasteiger partial charge is 0.501 e. The molecule has 124 valence electrons. The van der Waals surface area contributed by atoms with Crippen molar-refractivity contribution in [2.24, 2.45) is 0 Å². The van der Waals surface area contributed by atoms with Gasteiger partial charge in [-0.1, -0.05) is 29.8 Å². The van der Waals surface area contributed by atoms with Gasteiger partial charge >= 0.3 is 7.68 Å². The van der Waals surface area contributed by atoms with Gasteiger partial charge in [0.05, 0.1) is 6.16 Å². The highest BCUT2D eigenvalue weighted by Gasteiger charge is 2.50. The molecule has 0 aromatic heterocycles. The molecule has 1 unspecified atom stereocenters. The smallest absolute Gasteiger partial charge is 0.315 e. The second kappa shape index (κ2) is 6.98. The molecular weight excluding hydrogens is 319 g/mol. The van der Waals surface area contributed by atoms with Crippen LogP contribution < -0.4 is 10.6 Å². The third kappa shape index (κ3) is 3.46. The molecular formula is C15H19N2O5P. The number of carbonyl (C=O) groups excluding carboxylic acids is 1. The summed E-state index contributed by atoms with van der Waals surface area (Å²) in [6, 6.07) is 7.20. The number of ether oxygens (including phenoxy) is 1. The fourth-order valence-electron chi connectivity index (χ4n) is 2.33. The lowest BCUT2D eigenvalue weighted by Crippen LogP contribution is -2.47. The molecule has 2 rings (SSSR count). The number of ketones is 1. The second-order valence-electron chi connectivity index (χ2n) is 5.24. The lowest BCUT2D eigenvalue weighted by molar-refractivity contribution is -0.136. The van der Waals surface area contributed by atoms with Crippen molar-refractivity contribution in [2.75, 3.05) is 19.8 Å². The molecule has 7 nitrogen and oxygen atoms in total. The fourth-order valence-corrected chi connectivity index (χ4v) is 2.75. The Morgan fingerprint density at radius 2 is 1.91 bits per heavy atom. The zero-order valence-electron chi connectivity index (χ0n) is 13.0. The van der Waals surface area contributed by atoms with Crippen LogP contribution in [0.1, 0.15) is 17.5 Å². The van der Waals surface area contributed by atoms with Gasteiger partial charge in [-0.05, 0) is 20.4 Å². The number of aliphatic hydroxyl groups is 1. The maximum absolute atomic E-state index is 12.5. The van der Waals surface area contributed by atoms with Gasteiger partial charge in [0.25, 0.3) is 11.5 Å². The van der Waals surface area contributed by atoms with Crippen molar-refractivity contribution in [3.8, 4) is 0 Å². The van der Waals surface area contributed by atoms with E-state index in [1.165, 1.54) is 0 Å². The minimum Gasteiger partial charge on any atom is -0.501 e. The fraction of sp³-hybridized carbons (Fsp3) is 0.400. The summed E-state index contributed by atoms with van der Waals surface area (Å²) in [7, 11) is -0.879. The summed E-state index contributed by atoms with van der Waals surface area (Å²) in [5, 5.41) is 15.6. The zero-order valence-corrected chi connectivity index (χ0v) is 13.9. The highest BCUT2D eigenvalue weighted by atomic mass is 31.1. The van der Waals surface area contributed by atoms with E-state index in [1.807, 2.05) is 19.1 Å². The van der Waals surface area contributed by atoms with Gasteiger partial charge in [-0.15, -0.1) is 0 Å². The lowest BCUT2D eigenvalue weighted by Gasteiger charge is -2.27. The molecule has 1 aromatic carbocycles. The Kier molecular flexibility index (Phi) is 5.23. The van der Waals surface area contributed by atoms with Gasteiger partial charge in [-0.2, -0.15) is 0 Å². The molecule has 1 atom stereocenters. The Bertz CT molecular complexity index is 688. The number of nitrogens with one attached hydrogen (secondary N) is 2. The first-order valence-corrected chi connectivity index (χ1v) is 8.56. The molecule has 0 saturated heterocycles. The maximum atomic E-state index is 12.5. The monoisotopic (exact) mass is 338 g/mol. The van der Waals surface area contributed by atoms with Crippen molar-refractivity contribution in [3.63, 3.8) is 0 Å². The highest BCUT2D eigenvalue weighted by molar-refractivity contribution is 7.30. The molecule has 1 heterocycles. The highest BCUT2D eigenvalue weighted by Crippen LogP contribution is 2.34. The van der Waals surface area contributed by atoms with Crippen LogP contribution in [0.3, 0.4) is 0 Å². The van der Waals surface area contributed by atoms with Crippen LogP contribution in [0, 0.1) is 6.92 Å². The minimum absolute atomic E-state index is 0.0272. The first-order valence-electron chi connectivity index (χ1n) is 7.19. The number of benzene rings is 1. The summed E-state index contributed by atoms with van der Waals surface area (Å²) in [5.41, 5.74) is 0.123. The molecule has 0 amide bonds. The van der Waals surface area contributed by atoms with Crippen LogP contribution in [0.4, 0.5) is 0 Å². The second-order valence-corrected chi connectivity index (χ2v) is 6.36. The molecule has 8 heteroatoms. The van der Waals surface area contributed by atoms with Gasteiger partial charge in [-0.25, -0.2) is 9.13 Å². The van der Waals surface area contributed by atoms with E-state index < -0.39 is 24.9 Å². The average Bonchev–Trinajstić information content (AvgIpc) is 2.77. The standard InChI is InChI=1S/C15H19N2O5P/c1-10-4-6-11(7-5-10)15(16-2)13(19)12(18)14(22-15)17-8-3-9-23(20)21/h4-7,16-18H,3,8-9H2,1-2H3. The summed E-state index contributed by atoms with van der Waals surface area (Å²) < 4.78 is 26.7. The molecule has 3 N–H and O–H groups in total. The number of Topliss-reactive ketones (excluding diaryl/α,β-unsaturated/α-hetero) is 1. The number of hydrogen-bond donors (Lipinski definition) is 3.